The number of carboxylic acids is 1. The summed E-state index contributed by atoms with van der Waals surface area (Å²) in [5, 5.41) is 14.1. The number of carbonyl (C=O) groups is 2. The van der Waals surface area contributed by atoms with Gasteiger partial charge in [-0.15, -0.1) is 0 Å². The first-order valence-corrected chi connectivity index (χ1v) is 7.18. The third-order valence-corrected chi connectivity index (χ3v) is 3.71. The largest absolute Gasteiger partial charge is 0.481 e. The van der Waals surface area contributed by atoms with Crippen molar-refractivity contribution in [2.24, 2.45) is 0 Å². The molecule has 1 rings (SSSR count). The van der Waals surface area contributed by atoms with E-state index in [1.54, 1.807) is 0 Å². The summed E-state index contributed by atoms with van der Waals surface area (Å²) in [6.45, 7) is 0.542. The molecule has 0 radical (unpaired) electrons. The lowest BCUT2D eigenvalue weighted by molar-refractivity contribution is -0.137. The highest BCUT2D eigenvalue weighted by atomic mass is 32.2. The highest BCUT2D eigenvalue weighted by molar-refractivity contribution is 7.99. The molecule has 0 aromatic heterocycles. The van der Waals surface area contributed by atoms with E-state index in [1.807, 2.05) is 11.8 Å². The maximum absolute atomic E-state index is 11.5. The van der Waals surface area contributed by atoms with Crippen molar-refractivity contribution in [1.29, 1.82) is 0 Å². The summed E-state index contributed by atoms with van der Waals surface area (Å²) in [7, 11) is 0. The van der Waals surface area contributed by atoms with E-state index < -0.39 is 5.97 Å². The molecule has 1 fully saturated rings. The molecule has 5 nitrogen and oxygen atoms in total. The third kappa shape index (κ3) is 7.10. The average molecular weight is 260 g/mol. The number of carbonyl (C=O) groups excluding carboxylic acids is 1. The van der Waals surface area contributed by atoms with Crippen LogP contribution in [-0.4, -0.2) is 41.2 Å². The van der Waals surface area contributed by atoms with Crippen molar-refractivity contribution in [3.8, 4) is 0 Å². The predicted molar refractivity (Wildman–Crippen MR) is 68.4 cm³/mol. The van der Waals surface area contributed by atoms with E-state index in [2.05, 4.69) is 10.6 Å². The van der Waals surface area contributed by atoms with E-state index in [1.165, 1.54) is 0 Å². The summed E-state index contributed by atoms with van der Waals surface area (Å²) in [4.78, 5) is 21.7. The number of urea groups is 1. The molecule has 2 amide bonds. The molecule has 1 heterocycles. The first-order chi connectivity index (χ1) is 8.18. The van der Waals surface area contributed by atoms with Gasteiger partial charge in [-0.05, 0) is 37.2 Å². The molecule has 1 aliphatic heterocycles. The fraction of sp³-hybridized carbons (Fsp3) is 0.818. The van der Waals surface area contributed by atoms with Crippen LogP contribution in [0.2, 0.25) is 0 Å². The molecule has 0 aromatic carbocycles. The van der Waals surface area contributed by atoms with Gasteiger partial charge in [0.05, 0.1) is 0 Å². The molecule has 1 saturated heterocycles. The summed E-state index contributed by atoms with van der Waals surface area (Å²) >= 11 is 1.93. The molecule has 3 N–H and O–H groups in total. The second kappa shape index (κ2) is 8.22. The minimum Gasteiger partial charge on any atom is -0.481 e. The minimum absolute atomic E-state index is 0.128. The van der Waals surface area contributed by atoms with E-state index in [-0.39, 0.29) is 12.5 Å². The van der Waals surface area contributed by atoms with Crippen molar-refractivity contribution in [3.63, 3.8) is 0 Å². The summed E-state index contributed by atoms with van der Waals surface area (Å²) < 4.78 is 0. The maximum Gasteiger partial charge on any atom is 0.315 e. The number of thioether (sulfide) groups is 1. The number of unbranched alkanes of at least 4 members (excludes halogenated alkanes) is 1. The average Bonchev–Trinajstić information content (AvgIpc) is 2.29. The van der Waals surface area contributed by atoms with Crippen LogP contribution in [0.25, 0.3) is 0 Å². The van der Waals surface area contributed by atoms with Crippen LogP contribution in [0.15, 0.2) is 0 Å². The second-order valence-corrected chi connectivity index (χ2v) is 5.36. The van der Waals surface area contributed by atoms with E-state index in [4.69, 9.17) is 5.11 Å². The molecule has 0 saturated carbocycles. The Morgan fingerprint density at radius 1 is 1.24 bits per heavy atom. The number of nitrogens with one attached hydrogen (secondary N) is 2. The van der Waals surface area contributed by atoms with Crippen LogP contribution in [0.4, 0.5) is 4.79 Å². The van der Waals surface area contributed by atoms with E-state index in [0.29, 0.717) is 25.4 Å². The Hall–Kier alpha value is -0.910. The number of hydrogen-bond acceptors (Lipinski definition) is 3. The van der Waals surface area contributed by atoms with Gasteiger partial charge in [-0.2, -0.15) is 11.8 Å². The predicted octanol–water partition coefficient (Wildman–Crippen LogP) is 1.44. The summed E-state index contributed by atoms with van der Waals surface area (Å²) in [6, 6.07) is 0.174. The van der Waals surface area contributed by atoms with Gasteiger partial charge in [-0.1, -0.05) is 0 Å². The van der Waals surface area contributed by atoms with Gasteiger partial charge in [0.1, 0.15) is 0 Å². The lowest BCUT2D eigenvalue weighted by Gasteiger charge is -2.22. The van der Waals surface area contributed by atoms with Gasteiger partial charge in [0.15, 0.2) is 0 Å². The Bertz CT molecular complexity index is 255. The first kappa shape index (κ1) is 14.2. The Morgan fingerprint density at radius 2 is 1.94 bits per heavy atom. The van der Waals surface area contributed by atoms with Crippen LogP contribution in [0, 0.1) is 0 Å². The van der Waals surface area contributed by atoms with Crippen LogP contribution >= 0.6 is 11.8 Å². The zero-order valence-electron chi connectivity index (χ0n) is 9.91. The molecule has 0 aliphatic carbocycles. The molecule has 0 bridgehead atoms. The molecule has 0 spiro atoms. The SMILES string of the molecule is O=C(O)CCCCNC(=O)NC1CCSCC1. The van der Waals surface area contributed by atoms with Crippen LogP contribution in [0.5, 0.6) is 0 Å². The highest BCUT2D eigenvalue weighted by Gasteiger charge is 2.15. The van der Waals surface area contributed by atoms with Crippen LogP contribution in [-0.2, 0) is 4.79 Å². The quantitative estimate of drug-likeness (QED) is 0.631. The van der Waals surface area contributed by atoms with Crippen molar-refractivity contribution in [2.75, 3.05) is 18.1 Å². The molecule has 0 unspecified atom stereocenters. The Balaban J connectivity index is 1.98. The van der Waals surface area contributed by atoms with Crippen molar-refractivity contribution < 1.29 is 14.7 Å². The van der Waals surface area contributed by atoms with Gasteiger partial charge >= 0.3 is 12.0 Å². The van der Waals surface area contributed by atoms with Gasteiger partial charge in [0.2, 0.25) is 0 Å². The fourth-order valence-corrected chi connectivity index (χ4v) is 2.79. The second-order valence-electron chi connectivity index (χ2n) is 4.14. The maximum atomic E-state index is 11.5. The Kier molecular flexibility index (Phi) is 6.84. The Morgan fingerprint density at radius 3 is 2.59 bits per heavy atom. The van der Waals surface area contributed by atoms with Crippen LogP contribution in [0.1, 0.15) is 32.1 Å². The van der Waals surface area contributed by atoms with Crippen molar-refractivity contribution >= 4 is 23.8 Å². The van der Waals surface area contributed by atoms with Gasteiger partial charge in [-0.25, -0.2) is 4.79 Å². The summed E-state index contributed by atoms with van der Waals surface area (Å²) in [6.07, 6.45) is 3.56. The highest BCUT2D eigenvalue weighted by Crippen LogP contribution is 2.16. The number of aliphatic carboxylic acids is 1. The Labute approximate surface area is 106 Å². The monoisotopic (exact) mass is 260 g/mol. The molecular formula is C11H20N2O3S. The van der Waals surface area contributed by atoms with E-state index in [9.17, 15) is 9.59 Å². The lowest BCUT2D eigenvalue weighted by Crippen LogP contribution is -2.43. The number of hydrogen-bond donors (Lipinski definition) is 3. The normalized spacial score (nSPS) is 16.5. The summed E-state index contributed by atoms with van der Waals surface area (Å²) in [5.41, 5.74) is 0. The van der Waals surface area contributed by atoms with Crippen LogP contribution in [0.3, 0.4) is 0 Å². The van der Waals surface area contributed by atoms with Gasteiger partial charge in [0.25, 0.3) is 0 Å². The van der Waals surface area contributed by atoms with Crippen LogP contribution < -0.4 is 10.6 Å². The lowest BCUT2D eigenvalue weighted by atomic mass is 10.2. The zero-order valence-corrected chi connectivity index (χ0v) is 10.7. The van der Waals surface area contributed by atoms with Gasteiger partial charge in [-0.3, -0.25) is 4.79 Å². The number of carboxylic acid groups (broad SMARTS) is 1. The summed E-state index contributed by atoms with van der Waals surface area (Å²) in [5.74, 6) is 1.45. The van der Waals surface area contributed by atoms with Gasteiger partial charge in [0, 0.05) is 19.0 Å². The fourth-order valence-electron chi connectivity index (χ4n) is 1.68. The molecule has 0 atom stereocenters. The smallest absolute Gasteiger partial charge is 0.315 e. The molecule has 98 valence electrons. The molecular weight excluding hydrogens is 240 g/mol. The zero-order chi connectivity index (χ0) is 12.5. The standard InChI is InChI=1S/C11H20N2O3S/c14-10(15)3-1-2-6-12-11(16)13-9-4-7-17-8-5-9/h9H,1-8H2,(H,14,15)(H2,12,13,16). The minimum atomic E-state index is -0.783. The van der Waals surface area contributed by atoms with Gasteiger partial charge < -0.3 is 15.7 Å². The molecule has 1 aliphatic rings. The van der Waals surface area contributed by atoms with Crippen molar-refractivity contribution in [1.82, 2.24) is 10.6 Å². The third-order valence-electron chi connectivity index (χ3n) is 2.66. The van der Waals surface area contributed by atoms with E-state index >= 15 is 0 Å². The molecule has 17 heavy (non-hydrogen) atoms. The van der Waals surface area contributed by atoms with E-state index in [0.717, 1.165) is 24.3 Å². The molecule has 6 heteroatoms. The number of rotatable bonds is 6. The topological polar surface area (TPSA) is 78.4 Å². The first-order valence-electron chi connectivity index (χ1n) is 6.02. The van der Waals surface area contributed by atoms with Crippen molar-refractivity contribution in [3.05, 3.63) is 0 Å². The number of amides is 2. The van der Waals surface area contributed by atoms with Crippen molar-refractivity contribution in [2.45, 2.75) is 38.1 Å². The molecule has 0 aromatic rings.